The molecule has 2 aromatic carbocycles. The van der Waals surface area contributed by atoms with Gasteiger partial charge < -0.3 is 8.97 Å². The summed E-state index contributed by atoms with van der Waals surface area (Å²) in [7, 11) is 1.89. The number of aryl methyl sites for hydroxylation is 1. The molecule has 38 heavy (non-hydrogen) atoms. The Bertz CT molecular complexity index is 1660. The molecular formula is C28H23FN6O2S. The number of benzene rings is 2. The van der Waals surface area contributed by atoms with E-state index in [2.05, 4.69) is 20.7 Å². The quantitative estimate of drug-likeness (QED) is 0.136. The third kappa shape index (κ3) is 5.12. The number of ketones is 1. The van der Waals surface area contributed by atoms with Crippen molar-refractivity contribution in [3.8, 4) is 0 Å². The van der Waals surface area contributed by atoms with Crippen LogP contribution < -0.4 is 5.43 Å². The molecule has 5 aromatic rings. The van der Waals surface area contributed by atoms with Gasteiger partial charge >= 0.3 is 0 Å². The summed E-state index contributed by atoms with van der Waals surface area (Å²) in [6, 6.07) is 18.3. The van der Waals surface area contributed by atoms with Gasteiger partial charge in [0, 0.05) is 35.7 Å². The van der Waals surface area contributed by atoms with E-state index in [9.17, 15) is 14.0 Å². The molecule has 1 N–H and O–H groups in total. The second kappa shape index (κ2) is 10.8. The lowest BCUT2D eigenvalue weighted by Crippen LogP contribution is -2.17. The van der Waals surface area contributed by atoms with Gasteiger partial charge in [0.05, 0.1) is 17.4 Å². The average Bonchev–Trinajstić information content (AvgIpc) is 3.47. The van der Waals surface area contributed by atoms with Gasteiger partial charge in [0.25, 0.3) is 5.91 Å². The first kappa shape index (κ1) is 25.1. The number of carbonyl (C=O) groups excluding carboxylic acids is 2. The lowest BCUT2D eigenvalue weighted by molar-refractivity contribution is 0.0954. The zero-order chi connectivity index (χ0) is 26.6. The number of fused-ring (bicyclic) bond motifs is 1. The normalized spacial score (nSPS) is 11.3. The molecule has 0 aliphatic heterocycles. The summed E-state index contributed by atoms with van der Waals surface area (Å²) < 4.78 is 17.0. The Morgan fingerprint density at radius 3 is 2.50 bits per heavy atom. The number of hydrogen-bond acceptors (Lipinski definition) is 6. The largest absolute Gasteiger partial charge is 0.313 e. The molecule has 5 rings (SSSR count). The van der Waals surface area contributed by atoms with Crippen LogP contribution in [-0.4, -0.2) is 37.1 Å². The minimum atomic E-state index is -0.405. The molecule has 3 aromatic heterocycles. The Labute approximate surface area is 222 Å². The highest BCUT2D eigenvalue weighted by Crippen LogP contribution is 2.24. The van der Waals surface area contributed by atoms with Gasteiger partial charge in [-0.1, -0.05) is 30.0 Å². The molecule has 0 aliphatic rings. The number of thioether (sulfide) groups is 1. The van der Waals surface area contributed by atoms with Crippen LogP contribution >= 0.6 is 11.8 Å². The Hall–Kier alpha value is -4.57. The molecule has 0 spiro atoms. The van der Waals surface area contributed by atoms with Crippen molar-refractivity contribution in [3.63, 3.8) is 0 Å². The van der Waals surface area contributed by atoms with E-state index < -0.39 is 5.82 Å². The van der Waals surface area contributed by atoms with Gasteiger partial charge in [0.15, 0.2) is 5.16 Å². The van der Waals surface area contributed by atoms with Gasteiger partial charge in [0.1, 0.15) is 12.1 Å². The van der Waals surface area contributed by atoms with E-state index in [-0.39, 0.29) is 11.7 Å². The second-order valence-electron chi connectivity index (χ2n) is 8.59. The monoisotopic (exact) mass is 526 g/mol. The van der Waals surface area contributed by atoms with Crippen LogP contribution in [-0.2, 0) is 12.8 Å². The molecule has 190 valence electrons. The Kier molecular flexibility index (Phi) is 7.14. The summed E-state index contributed by atoms with van der Waals surface area (Å²) in [6.45, 7) is 1.82. The highest BCUT2D eigenvalue weighted by atomic mass is 32.2. The minimum Gasteiger partial charge on any atom is -0.313 e. The molecule has 8 nitrogen and oxygen atoms in total. The van der Waals surface area contributed by atoms with Crippen LogP contribution in [0.4, 0.5) is 4.39 Å². The fourth-order valence-corrected chi connectivity index (χ4v) is 4.91. The Morgan fingerprint density at radius 1 is 1.05 bits per heavy atom. The summed E-state index contributed by atoms with van der Waals surface area (Å²) in [5, 5.41) is 12.9. The summed E-state index contributed by atoms with van der Waals surface area (Å²) in [5.41, 5.74) is 7.09. The maximum absolute atomic E-state index is 13.4. The minimum absolute atomic E-state index is 0.232. The number of nitrogens with zero attached hydrogens (tertiary/aromatic N) is 5. The number of pyridine rings is 1. The summed E-state index contributed by atoms with van der Waals surface area (Å²) in [4.78, 5) is 25.9. The Balaban J connectivity index is 1.31. The number of rotatable bonds is 8. The van der Waals surface area contributed by atoms with Gasteiger partial charge in [-0.15, -0.1) is 10.2 Å². The molecule has 1 amide bonds. The van der Waals surface area contributed by atoms with Gasteiger partial charge in [0.2, 0.25) is 5.78 Å². The highest BCUT2D eigenvalue weighted by Gasteiger charge is 2.21. The van der Waals surface area contributed by atoms with Crippen molar-refractivity contribution in [1.29, 1.82) is 0 Å². The van der Waals surface area contributed by atoms with Crippen molar-refractivity contribution < 1.29 is 14.0 Å². The number of hydrogen-bond donors (Lipinski definition) is 1. The third-order valence-corrected chi connectivity index (χ3v) is 7.18. The fraction of sp³-hybridized carbons (Fsp3) is 0.107. The zero-order valence-corrected chi connectivity index (χ0v) is 21.4. The molecule has 0 saturated heterocycles. The van der Waals surface area contributed by atoms with Crippen LogP contribution in [0.15, 0.2) is 89.5 Å². The predicted molar refractivity (Wildman–Crippen MR) is 144 cm³/mol. The van der Waals surface area contributed by atoms with Crippen molar-refractivity contribution in [2.45, 2.75) is 17.8 Å². The van der Waals surface area contributed by atoms with Gasteiger partial charge in [-0.2, -0.15) is 5.10 Å². The Morgan fingerprint density at radius 2 is 1.79 bits per heavy atom. The van der Waals surface area contributed by atoms with E-state index in [1.165, 1.54) is 30.5 Å². The van der Waals surface area contributed by atoms with Crippen LogP contribution in [0.2, 0.25) is 0 Å². The molecule has 0 aliphatic carbocycles. The molecule has 0 radical (unpaired) electrons. The first-order chi connectivity index (χ1) is 18.4. The zero-order valence-electron chi connectivity index (χ0n) is 20.6. The SMILES string of the molecule is Cc1c(/C=N/NC(=O)c2ccc(CSc3nncn3C)cc2)c2ccccn2c1C(=O)c1ccc(F)cc1. The fourth-order valence-electron chi connectivity index (χ4n) is 4.06. The van der Waals surface area contributed by atoms with E-state index in [4.69, 9.17) is 0 Å². The maximum atomic E-state index is 13.4. The van der Waals surface area contributed by atoms with Crippen molar-refractivity contribution in [1.82, 2.24) is 24.6 Å². The van der Waals surface area contributed by atoms with Crippen molar-refractivity contribution in [2.24, 2.45) is 12.1 Å². The average molecular weight is 527 g/mol. The van der Waals surface area contributed by atoms with Crippen LogP contribution in [0, 0.1) is 12.7 Å². The van der Waals surface area contributed by atoms with Crippen LogP contribution in [0.5, 0.6) is 0 Å². The van der Waals surface area contributed by atoms with E-state index in [0.717, 1.165) is 16.2 Å². The lowest BCUT2D eigenvalue weighted by atomic mass is 10.0. The van der Waals surface area contributed by atoms with E-state index in [0.29, 0.717) is 33.7 Å². The van der Waals surface area contributed by atoms with Gasteiger partial charge in [-0.25, -0.2) is 9.82 Å². The summed E-state index contributed by atoms with van der Waals surface area (Å²) >= 11 is 1.56. The smallest absolute Gasteiger partial charge is 0.271 e. The van der Waals surface area contributed by atoms with E-state index in [1.807, 2.05) is 48.9 Å². The van der Waals surface area contributed by atoms with Crippen molar-refractivity contribution in [3.05, 3.63) is 119 Å². The predicted octanol–water partition coefficient (Wildman–Crippen LogP) is 4.80. The molecule has 0 unspecified atom stereocenters. The van der Waals surface area contributed by atoms with E-state index in [1.54, 1.807) is 40.8 Å². The molecule has 0 fully saturated rings. The van der Waals surface area contributed by atoms with Gasteiger partial charge in [-0.3, -0.25) is 9.59 Å². The van der Waals surface area contributed by atoms with E-state index >= 15 is 0 Å². The number of amides is 1. The topological polar surface area (TPSA) is 93.7 Å². The molecule has 0 atom stereocenters. The molecule has 0 bridgehead atoms. The first-order valence-corrected chi connectivity index (χ1v) is 12.7. The highest BCUT2D eigenvalue weighted by molar-refractivity contribution is 7.98. The molecule has 0 saturated carbocycles. The number of halogens is 1. The van der Waals surface area contributed by atoms with Crippen LogP contribution in [0.25, 0.3) is 5.52 Å². The number of carbonyl (C=O) groups is 2. The number of hydrazone groups is 1. The standard InChI is InChI=1S/C28H23FN6O2S/c1-18-23(24-5-3-4-14-35(24)25(18)26(36)20-10-12-22(29)13-11-20)15-30-32-27(37)21-8-6-19(7-9-21)16-38-28-33-31-17-34(28)2/h3-15,17H,16H2,1-2H3,(H,32,37)/b30-15+. The van der Waals surface area contributed by atoms with Crippen LogP contribution in [0.1, 0.15) is 43.1 Å². The molecular weight excluding hydrogens is 503 g/mol. The maximum Gasteiger partial charge on any atom is 0.271 e. The molecule has 3 heterocycles. The summed E-state index contributed by atoms with van der Waals surface area (Å²) in [5.74, 6) is -0.285. The van der Waals surface area contributed by atoms with Crippen molar-refractivity contribution >= 4 is 35.2 Å². The number of nitrogens with one attached hydrogen (secondary N) is 1. The summed E-state index contributed by atoms with van der Waals surface area (Å²) in [6.07, 6.45) is 4.98. The number of aromatic nitrogens is 4. The third-order valence-electron chi connectivity index (χ3n) is 6.07. The second-order valence-corrected chi connectivity index (χ2v) is 9.53. The lowest BCUT2D eigenvalue weighted by Gasteiger charge is -2.04. The van der Waals surface area contributed by atoms with Crippen LogP contribution in [0.3, 0.4) is 0 Å². The first-order valence-electron chi connectivity index (χ1n) is 11.7. The van der Waals surface area contributed by atoms with Crippen molar-refractivity contribution in [2.75, 3.05) is 0 Å². The van der Waals surface area contributed by atoms with Gasteiger partial charge in [-0.05, 0) is 66.6 Å². The molecule has 10 heteroatoms.